The molecule has 2 aromatic rings. The number of aryl methyl sites for hydroxylation is 1. The highest BCUT2D eigenvalue weighted by atomic mass is 19.1. The number of benzene rings is 2. The van der Waals surface area contributed by atoms with E-state index in [4.69, 9.17) is 0 Å². The molecule has 0 amide bonds. The van der Waals surface area contributed by atoms with E-state index in [9.17, 15) is 4.39 Å². The van der Waals surface area contributed by atoms with Crippen LogP contribution in [-0.2, 0) is 0 Å². The number of nitrogens with one attached hydrogen (secondary N) is 1. The molecule has 0 radical (unpaired) electrons. The molecule has 2 aromatic carbocycles. The molecule has 0 aliphatic heterocycles. The van der Waals surface area contributed by atoms with Crippen molar-refractivity contribution in [3.63, 3.8) is 0 Å². The fraction of sp³-hybridized carbons (Fsp3) is 0.143. The summed E-state index contributed by atoms with van der Waals surface area (Å²) in [6.45, 7) is 2.06. The van der Waals surface area contributed by atoms with Crippen LogP contribution in [0.3, 0.4) is 0 Å². The number of halogens is 1. The van der Waals surface area contributed by atoms with Crippen molar-refractivity contribution in [2.75, 3.05) is 12.4 Å². The van der Waals surface area contributed by atoms with E-state index < -0.39 is 0 Å². The minimum atomic E-state index is -0.204. The molecular formula is C14H14FN. The minimum Gasteiger partial charge on any atom is -0.388 e. The molecule has 0 atom stereocenters. The summed E-state index contributed by atoms with van der Waals surface area (Å²) in [5, 5.41) is 3.14. The molecule has 1 N–H and O–H groups in total. The Kier molecular flexibility index (Phi) is 2.91. The summed E-state index contributed by atoms with van der Waals surface area (Å²) in [4.78, 5) is 0. The summed E-state index contributed by atoms with van der Waals surface area (Å²) in [6, 6.07) is 12.7. The highest BCUT2D eigenvalue weighted by molar-refractivity contribution is 5.69. The first-order valence-corrected chi connectivity index (χ1v) is 5.25. The van der Waals surface area contributed by atoms with Crippen LogP contribution in [0.2, 0.25) is 0 Å². The molecule has 2 rings (SSSR count). The maximum absolute atomic E-state index is 12.8. The number of hydrogen-bond acceptors (Lipinski definition) is 1. The molecule has 0 heterocycles. The Hall–Kier alpha value is -1.83. The second-order valence-electron chi connectivity index (χ2n) is 3.79. The number of rotatable bonds is 2. The molecule has 0 saturated carbocycles. The third-order valence-electron chi connectivity index (χ3n) is 2.68. The maximum atomic E-state index is 12.8. The lowest BCUT2D eigenvalue weighted by molar-refractivity contribution is 0.628. The molecule has 16 heavy (non-hydrogen) atoms. The fourth-order valence-corrected chi connectivity index (χ4v) is 1.71. The third kappa shape index (κ3) is 2.06. The van der Waals surface area contributed by atoms with Gasteiger partial charge >= 0.3 is 0 Å². The lowest BCUT2D eigenvalue weighted by atomic mass is 10.0. The summed E-state index contributed by atoms with van der Waals surface area (Å²) in [5.41, 5.74) is 4.42. The van der Waals surface area contributed by atoms with Gasteiger partial charge in [0.2, 0.25) is 0 Å². The monoisotopic (exact) mass is 215 g/mol. The zero-order valence-electron chi connectivity index (χ0n) is 9.42. The van der Waals surface area contributed by atoms with Gasteiger partial charge < -0.3 is 5.32 Å². The Morgan fingerprint density at radius 1 is 0.938 bits per heavy atom. The topological polar surface area (TPSA) is 12.0 Å². The molecule has 0 spiro atoms. The van der Waals surface area contributed by atoms with Crippen LogP contribution in [0.25, 0.3) is 11.1 Å². The average molecular weight is 215 g/mol. The first kappa shape index (κ1) is 10.7. The molecule has 2 heteroatoms. The van der Waals surface area contributed by atoms with Crippen LogP contribution in [0.4, 0.5) is 10.1 Å². The number of anilines is 1. The molecular weight excluding hydrogens is 201 g/mol. The lowest BCUT2D eigenvalue weighted by Crippen LogP contribution is -1.92. The van der Waals surface area contributed by atoms with Crippen LogP contribution in [0.15, 0.2) is 42.5 Å². The van der Waals surface area contributed by atoms with Crippen LogP contribution in [0, 0.1) is 12.7 Å². The van der Waals surface area contributed by atoms with Crippen molar-refractivity contribution in [3.8, 4) is 11.1 Å². The normalized spacial score (nSPS) is 10.2. The van der Waals surface area contributed by atoms with Gasteiger partial charge in [-0.2, -0.15) is 0 Å². The zero-order chi connectivity index (χ0) is 11.5. The average Bonchev–Trinajstić information content (AvgIpc) is 2.31. The summed E-state index contributed by atoms with van der Waals surface area (Å²) >= 11 is 0. The van der Waals surface area contributed by atoms with Gasteiger partial charge in [0.05, 0.1) is 0 Å². The molecule has 82 valence electrons. The van der Waals surface area contributed by atoms with Gasteiger partial charge in [-0.05, 0) is 41.8 Å². The van der Waals surface area contributed by atoms with E-state index in [2.05, 4.69) is 24.4 Å². The van der Waals surface area contributed by atoms with Gasteiger partial charge in [0, 0.05) is 12.7 Å². The lowest BCUT2D eigenvalue weighted by Gasteiger charge is -2.08. The maximum Gasteiger partial charge on any atom is 0.123 e. The molecule has 1 nitrogen and oxygen atoms in total. The van der Waals surface area contributed by atoms with Crippen LogP contribution >= 0.6 is 0 Å². The van der Waals surface area contributed by atoms with Gasteiger partial charge in [0.25, 0.3) is 0 Å². The van der Waals surface area contributed by atoms with Gasteiger partial charge in [-0.1, -0.05) is 24.3 Å². The predicted molar refractivity (Wildman–Crippen MR) is 66.1 cm³/mol. The van der Waals surface area contributed by atoms with E-state index in [0.717, 1.165) is 16.8 Å². The first-order valence-electron chi connectivity index (χ1n) is 5.25. The third-order valence-corrected chi connectivity index (χ3v) is 2.68. The van der Waals surface area contributed by atoms with Gasteiger partial charge in [-0.25, -0.2) is 4.39 Å². The minimum absolute atomic E-state index is 0.204. The van der Waals surface area contributed by atoms with Crippen LogP contribution in [-0.4, -0.2) is 7.05 Å². The van der Waals surface area contributed by atoms with E-state index in [1.54, 1.807) is 12.1 Å². The first-order chi connectivity index (χ1) is 7.70. The van der Waals surface area contributed by atoms with E-state index in [0.29, 0.717) is 0 Å². The summed E-state index contributed by atoms with van der Waals surface area (Å²) in [7, 11) is 1.90. The zero-order valence-corrected chi connectivity index (χ0v) is 9.42. The Morgan fingerprint density at radius 2 is 1.56 bits per heavy atom. The molecule has 0 saturated heterocycles. The second-order valence-corrected chi connectivity index (χ2v) is 3.79. The molecule has 0 aromatic heterocycles. The summed E-state index contributed by atoms with van der Waals surface area (Å²) in [6.07, 6.45) is 0. The molecule has 0 fully saturated rings. The standard InChI is InChI=1S/C14H14FN/c1-10-3-4-12(9-14(10)16-2)11-5-7-13(15)8-6-11/h3-9,16H,1-2H3. The summed E-state index contributed by atoms with van der Waals surface area (Å²) in [5.74, 6) is -0.204. The highest BCUT2D eigenvalue weighted by Crippen LogP contribution is 2.25. The molecule has 0 unspecified atom stereocenters. The Morgan fingerprint density at radius 3 is 2.19 bits per heavy atom. The van der Waals surface area contributed by atoms with Gasteiger partial charge in [-0.3, -0.25) is 0 Å². The van der Waals surface area contributed by atoms with Gasteiger partial charge in [0.1, 0.15) is 5.82 Å². The SMILES string of the molecule is CNc1cc(-c2ccc(F)cc2)ccc1C. The quantitative estimate of drug-likeness (QED) is 0.802. The largest absolute Gasteiger partial charge is 0.388 e. The molecule has 0 aliphatic carbocycles. The van der Waals surface area contributed by atoms with Crippen LogP contribution < -0.4 is 5.32 Å². The van der Waals surface area contributed by atoms with Gasteiger partial charge in [-0.15, -0.1) is 0 Å². The highest BCUT2D eigenvalue weighted by Gasteiger charge is 2.01. The van der Waals surface area contributed by atoms with Crippen molar-refractivity contribution in [1.82, 2.24) is 0 Å². The Balaban J connectivity index is 2.44. The van der Waals surface area contributed by atoms with Crippen molar-refractivity contribution < 1.29 is 4.39 Å². The fourth-order valence-electron chi connectivity index (χ4n) is 1.71. The number of hydrogen-bond donors (Lipinski definition) is 1. The van der Waals surface area contributed by atoms with Crippen LogP contribution in [0.5, 0.6) is 0 Å². The predicted octanol–water partition coefficient (Wildman–Crippen LogP) is 3.84. The van der Waals surface area contributed by atoms with Crippen molar-refractivity contribution in [2.24, 2.45) is 0 Å². The smallest absolute Gasteiger partial charge is 0.123 e. The van der Waals surface area contributed by atoms with E-state index >= 15 is 0 Å². The van der Waals surface area contributed by atoms with Crippen molar-refractivity contribution >= 4 is 5.69 Å². The summed E-state index contributed by atoms with van der Waals surface area (Å²) < 4.78 is 12.8. The van der Waals surface area contributed by atoms with Crippen molar-refractivity contribution in [1.29, 1.82) is 0 Å². The van der Waals surface area contributed by atoms with E-state index in [1.807, 2.05) is 13.1 Å². The van der Waals surface area contributed by atoms with E-state index in [-0.39, 0.29) is 5.82 Å². The Labute approximate surface area is 94.9 Å². The van der Waals surface area contributed by atoms with Crippen LogP contribution in [0.1, 0.15) is 5.56 Å². The molecule has 0 bridgehead atoms. The Bertz CT molecular complexity index is 489. The van der Waals surface area contributed by atoms with E-state index in [1.165, 1.54) is 17.7 Å². The second kappa shape index (κ2) is 4.35. The van der Waals surface area contributed by atoms with Gasteiger partial charge in [0.15, 0.2) is 0 Å². The van der Waals surface area contributed by atoms with Crippen molar-refractivity contribution in [3.05, 3.63) is 53.8 Å². The molecule has 0 aliphatic rings. The van der Waals surface area contributed by atoms with Crippen molar-refractivity contribution in [2.45, 2.75) is 6.92 Å².